The summed E-state index contributed by atoms with van der Waals surface area (Å²) in [5, 5.41) is 7.22. The van der Waals surface area contributed by atoms with Gasteiger partial charge in [0.05, 0.1) is 23.5 Å². The zero-order valence-corrected chi connectivity index (χ0v) is 13.2. The largest absolute Gasteiger partial charge is 0.347 e. The van der Waals surface area contributed by atoms with E-state index in [1.54, 1.807) is 29.0 Å². The highest BCUT2D eigenvalue weighted by atomic mass is 16.2. The van der Waals surface area contributed by atoms with E-state index in [0.717, 1.165) is 5.69 Å². The van der Waals surface area contributed by atoms with Crippen LogP contribution in [-0.2, 0) is 11.2 Å². The van der Waals surface area contributed by atoms with Gasteiger partial charge in [-0.05, 0) is 18.6 Å². The monoisotopic (exact) mass is 313 g/mol. The van der Waals surface area contributed by atoms with E-state index in [0.29, 0.717) is 30.8 Å². The first kappa shape index (κ1) is 15.2. The number of rotatable bonds is 4. The summed E-state index contributed by atoms with van der Waals surface area (Å²) in [7, 11) is 1.74. The third kappa shape index (κ3) is 2.94. The lowest BCUT2D eigenvalue weighted by Crippen LogP contribution is -2.36. The number of nitrogens with zero attached hydrogens (tertiary/aromatic N) is 4. The van der Waals surface area contributed by atoms with Gasteiger partial charge in [-0.15, -0.1) is 0 Å². The number of carbonyl (C=O) groups excluding carboxylic acids is 2. The van der Waals surface area contributed by atoms with Gasteiger partial charge in [-0.25, -0.2) is 9.67 Å². The minimum atomic E-state index is -0.197. The van der Waals surface area contributed by atoms with E-state index in [4.69, 9.17) is 0 Å². The number of hydrogen-bond donors (Lipinski definition) is 1. The maximum absolute atomic E-state index is 12.5. The van der Waals surface area contributed by atoms with E-state index < -0.39 is 0 Å². The van der Waals surface area contributed by atoms with Gasteiger partial charge in [-0.1, -0.05) is 13.0 Å². The molecule has 1 aliphatic rings. The van der Waals surface area contributed by atoms with Crippen molar-refractivity contribution in [3.63, 3.8) is 0 Å². The third-order valence-corrected chi connectivity index (χ3v) is 3.99. The SMILES string of the molecule is CCc1c(C(=O)NC2CC(=O)N(C)C2)cnn1-c1ccccn1. The van der Waals surface area contributed by atoms with Crippen LogP contribution in [0.25, 0.3) is 5.82 Å². The van der Waals surface area contributed by atoms with Gasteiger partial charge in [-0.2, -0.15) is 5.10 Å². The number of carbonyl (C=O) groups is 2. The Bertz CT molecular complexity index is 725. The molecule has 0 saturated carbocycles. The van der Waals surface area contributed by atoms with Gasteiger partial charge < -0.3 is 10.2 Å². The second-order valence-electron chi connectivity index (χ2n) is 5.61. The highest BCUT2D eigenvalue weighted by Gasteiger charge is 2.29. The van der Waals surface area contributed by atoms with Crippen LogP contribution in [0.1, 0.15) is 29.4 Å². The molecule has 1 aliphatic heterocycles. The first-order valence-corrected chi connectivity index (χ1v) is 7.63. The van der Waals surface area contributed by atoms with Crippen molar-refractivity contribution in [3.05, 3.63) is 41.9 Å². The normalized spacial score (nSPS) is 17.6. The van der Waals surface area contributed by atoms with Crippen LogP contribution in [0, 0.1) is 0 Å². The van der Waals surface area contributed by atoms with Gasteiger partial charge in [0.25, 0.3) is 5.91 Å². The van der Waals surface area contributed by atoms with Crippen LogP contribution in [-0.4, -0.2) is 51.1 Å². The second kappa shape index (κ2) is 6.20. The van der Waals surface area contributed by atoms with E-state index in [1.165, 1.54) is 0 Å². The van der Waals surface area contributed by atoms with Crippen molar-refractivity contribution < 1.29 is 9.59 Å². The fourth-order valence-electron chi connectivity index (χ4n) is 2.80. The number of nitrogens with one attached hydrogen (secondary N) is 1. The Balaban J connectivity index is 1.82. The molecule has 1 N–H and O–H groups in total. The minimum absolute atomic E-state index is 0.0511. The molecule has 0 aromatic carbocycles. The summed E-state index contributed by atoms with van der Waals surface area (Å²) in [4.78, 5) is 30.0. The minimum Gasteiger partial charge on any atom is -0.347 e. The van der Waals surface area contributed by atoms with Gasteiger partial charge >= 0.3 is 0 Å². The molecule has 1 atom stereocenters. The lowest BCUT2D eigenvalue weighted by atomic mass is 10.1. The molecular formula is C16H19N5O2. The number of amides is 2. The van der Waals surface area contributed by atoms with Crippen LogP contribution < -0.4 is 5.32 Å². The average Bonchev–Trinajstić information content (AvgIpc) is 3.11. The van der Waals surface area contributed by atoms with Crippen molar-refractivity contribution in [2.75, 3.05) is 13.6 Å². The molecule has 120 valence electrons. The predicted molar refractivity (Wildman–Crippen MR) is 84.2 cm³/mol. The average molecular weight is 313 g/mol. The van der Waals surface area contributed by atoms with Gasteiger partial charge in [0.2, 0.25) is 5.91 Å². The zero-order valence-electron chi connectivity index (χ0n) is 13.2. The van der Waals surface area contributed by atoms with Crippen molar-refractivity contribution in [1.29, 1.82) is 0 Å². The van der Waals surface area contributed by atoms with Gasteiger partial charge in [0.1, 0.15) is 0 Å². The molecule has 2 aromatic heterocycles. The van der Waals surface area contributed by atoms with E-state index >= 15 is 0 Å². The number of likely N-dealkylation sites (tertiary alicyclic amines) is 1. The molecule has 2 amide bonds. The fraction of sp³-hybridized carbons (Fsp3) is 0.375. The molecule has 0 aliphatic carbocycles. The van der Waals surface area contributed by atoms with Gasteiger partial charge in [0.15, 0.2) is 5.82 Å². The van der Waals surface area contributed by atoms with Crippen LogP contribution in [0.15, 0.2) is 30.6 Å². The molecular weight excluding hydrogens is 294 g/mol. The standard InChI is InChI=1S/C16H19N5O2/c1-3-13-12(9-18-21(13)14-6-4-5-7-17-14)16(23)19-11-8-15(22)20(2)10-11/h4-7,9,11H,3,8,10H2,1-2H3,(H,19,23). The summed E-state index contributed by atoms with van der Waals surface area (Å²) in [6.07, 6.45) is 4.25. The quantitative estimate of drug-likeness (QED) is 0.905. The van der Waals surface area contributed by atoms with Crippen LogP contribution in [0.5, 0.6) is 0 Å². The lowest BCUT2D eigenvalue weighted by Gasteiger charge is -2.12. The Morgan fingerprint density at radius 3 is 2.87 bits per heavy atom. The molecule has 23 heavy (non-hydrogen) atoms. The van der Waals surface area contributed by atoms with Crippen molar-refractivity contribution in [1.82, 2.24) is 25.0 Å². The Morgan fingerprint density at radius 2 is 2.26 bits per heavy atom. The molecule has 0 bridgehead atoms. The maximum atomic E-state index is 12.5. The molecule has 3 heterocycles. The summed E-state index contributed by atoms with van der Waals surface area (Å²) in [5.41, 5.74) is 1.33. The highest BCUT2D eigenvalue weighted by molar-refractivity contribution is 5.96. The molecule has 0 radical (unpaired) electrons. The van der Waals surface area contributed by atoms with Crippen molar-refractivity contribution in [2.24, 2.45) is 0 Å². The van der Waals surface area contributed by atoms with Crippen LogP contribution >= 0.6 is 0 Å². The smallest absolute Gasteiger partial charge is 0.255 e. The van der Waals surface area contributed by atoms with Crippen LogP contribution in [0.4, 0.5) is 0 Å². The Morgan fingerprint density at radius 1 is 1.43 bits per heavy atom. The van der Waals surface area contributed by atoms with Gasteiger partial charge in [0, 0.05) is 26.2 Å². The van der Waals surface area contributed by atoms with E-state index in [2.05, 4.69) is 15.4 Å². The third-order valence-electron chi connectivity index (χ3n) is 3.99. The van der Waals surface area contributed by atoms with Crippen LogP contribution in [0.2, 0.25) is 0 Å². The molecule has 0 spiro atoms. The van der Waals surface area contributed by atoms with Crippen LogP contribution in [0.3, 0.4) is 0 Å². The summed E-state index contributed by atoms with van der Waals surface area (Å²) in [6, 6.07) is 5.41. The molecule has 7 nitrogen and oxygen atoms in total. The van der Waals surface area contributed by atoms with Crippen molar-refractivity contribution in [3.8, 4) is 5.82 Å². The Hall–Kier alpha value is -2.70. The molecule has 1 saturated heterocycles. The topological polar surface area (TPSA) is 80.1 Å². The molecule has 1 unspecified atom stereocenters. The van der Waals surface area contributed by atoms with E-state index in [1.807, 2.05) is 25.1 Å². The number of pyridine rings is 1. The second-order valence-corrected chi connectivity index (χ2v) is 5.61. The molecule has 1 fully saturated rings. The molecule has 7 heteroatoms. The zero-order chi connectivity index (χ0) is 16.4. The number of likely N-dealkylation sites (N-methyl/N-ethyl adjacent to an activating group) is 1. The van der Waals surface area contributed by atoms with Crippen molar-refractivity contribution >= 4 is 11.8 Å². The first-order valence-electron chi connectivity index (χ1n) is 7.63. The fourth-order valence-corrected chi connectivity index (χ4v) is 2.80. The summed E-state index contributed by atoms with van der Waals surface area (Å²) < 4.78 is 1.68. The summed E-state index contributed by atoms with van der Waals surface area (Å²) in [6.45, 7) is 2.51. The first-order chi connectivity index (χ1) is 11.1. The Kier molecular flexibility index (Phi) is 4.10. The number of hydrogen-bond acceptors (Lipinski definition) is 4. The molecule has 2 aromatic rings. The van der Waals surface area contributed by atoms with Gasteiger partial charge in [-0.3, -0.25) is 9.59 Å². The predicted octanol–water partition coefficient (Wildman–Crippen LogP) is 0.790. The summed E-state index contributed by atoms with van der Waals surface area (Å²) in [5.74, 6) is 0.534. The van der Waals surface area contributed by atoms with Crippen molar-refractivity contribution in [2.45, 2.75) is 25.8 Å². The van der Waals surface area contributed by atoms with E-state index in [9.17, 15) is 9.59 Å². The Labute approximate surface area is 134 Å². The maximum Gasteiger partial charge on any atom is 0.255 e. The molecule has 3 rings (SSSR count). The van der Waals surface area contributed by atoms with E-state index in [-0.39, 0.29) is 17.9 Å². The highest BCUT2D eigenvalue weighted by Crippen LogP contribution is 2.15. The number of aromatic nitrogens is 3. The lowest BCUT2D eigenvalue weighted by molar-refractivity contribution is -0.126. The summed E-state index contributed by atoms with van der Waals surface area (Å²) >= 11 is 0.